The first-order valence-electron chi connectivity index (χ1n) is 6.59. The summed E-state index contributed by atoms with van der Waals surface area (Å²) in [6.07, 6.45) is 3.15. The third kappa shape index (κ3) is 5.23. The lowest BCUT2D eigenvalue weighted by molar-refractivity contribution is -0.138. The molecule has 1 aromatic carbocycles. The van der Waals surface area contributed by atoms with E-state index in [4.69, 9.17) is 22.0 Å². The second-order valence-electron chi connectivity index (χ2n) is 4.60. The molecule has 0 fully saturated rings. The summed E-state index contributed by atoms with van der Waals surface area (Å²) in [6.45, 7) is 0.517. The normalized spacial score (nSPS) is 12.4. The fourth-order valence-corrected chi connectivity index (χ4v) is 1.73. The Bertz CT molecular complexity index is 543. The first-order valence-corrected chi connectivity index (χ1v) is 6.59. The number of unbranched alkanes of at least 4 members (excludes halogenated alkanes) is 1. The van der Waals surface area contributed by atoms with Crippen molar-refractivity contribution < 1.29 is 15.0 Å². The molecule has 0 unspecified atom stereocenters. The average molecular weight is 292 g/mol. The molecule has 1 aromatic rings. The molecule has 0 radical (unpaired) electrons. The number of phenols is 1. The van der Waals surface area contributed by atoms with Crippen LogP contribution in [0.25, 0.3) is 0 Å². The molecule has 0 aliphatic rings. The third-order valence-corrected chi connectivity index (χ3v) is 2.95. The molecule has 0 spiro atoms. The van der Waals surface area contributed by atoms with E-state index in [-0.39, 0.29) is 11.6 Å². The van der Waals surface area contributed by atoms with Crippen LogP contribution in [-0.4, -0.2) is 40.8 Å². The minimum atomic E-state index is -1.01. The zero-order valence-corrected chi connectivity index (χ0v) is 11.6. The van der Waals surface area contributed by atoms with Crippen molar-refractivity contribution in [1.82, 2.24) is 0 Å². The second-order valence-corrected chi connectivity index (χ2v) is 4.60. The van der Waals surface area contributed by atoms with Crippen LogP contribution in [0.4, 0.5) is 0 Å². The zero-order valence-electron chi connectivity index (χ0n) is 11.6. The number of aliphatic imine (C=N–C) groups is 1. The Labute approximate surface area is 122 Å². The molecule has 7 nitrogen and oxygen atoms in total. The summed E-state index contributed by atoms with van der Waals surface area (Å²) < 4.78 is 0. The van der Waals surface area contributed by atoms with Gasteiger partial charge in [0.2, 0.25) is 0 Å². The Morgan fingerprint density at radius 3 is 2.67 bits per heavy atom. The van der Waals surface area contributed by atoms with E-state index in [0.717, 1.165) is 6.42 Å². The van der Waals surface area contributed by atoms with Crippen molar-refractivity contribution in [2.24, 2.45) is 16.5 Å². The summed E-state index contributed by atoms with van der Waals surface area (Å²) in [5, 5.41) is 26.2. The highest BCUT2D eigenvalue weighted by atomic mass is 16.4. The van der Waals surface area contributed by atoms with Crippen LogP contribution in [0.2, 0.25) is 0 Å². The lowest BCUT2D eigenvalue weighted by Crippen LogP contribution is -2.18. The van der Waals surface area contributed by atoms with E-state index in [1.165, 1.54) is 18.3 Å². The Balaban J connectivity index is 2.81. The maximum Gasteiger partial charge on any atom is 0.328 e. The van der Waals surface area contributed by atoms with Gasteiger partial charge in [-0.25, -0.2) is 4.79 Å². The quantitative estimate of drug-likeness (QED) is 0.271. The predicted octanol–water partition coefficient (Wildman–Crippen LogP) is 0.677. The highest BCUT2D eigenvalue weighted by molar-refractivity contribution is 5.96. The van der Waals surface area contributed by atoms with Crippen molar-refractivity contribution in [3.8, 4) is 5.75 Å². The summed E-state index contributed by atoms with van der Waals surface area (Å²) >= 11 is 0. The van der Waals surface area contributed by atoms with Crippen molar-refractivity contribution in [1.29, 1.82) is 5.41 Å². The molecule has 0 bridgehead atoms. The Morgan fingerprint density at radius 1 is 1.43 bits per heavy atom. The Kier molecular flexibility index (Phi) is 6.35. The number of carboxylic acids is 1. The van der Waals surface area contributed by atoms with Gasteiger partial charge in [-0.2, -0.15) is 0 Å². The van der Waals surface area contributed by atoms with Gasteiger partial charge in [-0.1, -0.05) is 6.07 Å². The molecule has 0 heterocycles. The molecule has 114 valence electrons. The number of phenolic OH excluding ortho intramolecular Hbond substituents is 1. The fraction of sp³-hybridized carbons (Fsp3) is 0.357. The van der Waals surface area contributed by atoms with Crippen molar-refractivity contribution in [3.63, 3.8) is 0 Å². The van der Waals surface area contributed by atoms with E-state index in [9.17, 15) is 9.90 Å². The first-order chi connectivity index (χ1) is 9.95. The van der Waals surface area contributed by atoms with Gasteiger partial charge >= 0.3 is 5.97 Å². The number of hydrogen-bond donors (Lipinski definition) is 5. The van der Waals surface area contributed by atoms with Crippen LogP contribution in [0.5, 0.6) is 5.75 Å². The van der Waals surface area contributed by atoms with Crippen molar-refractivity contribution in [2.75, 3.05) is 6.54 Å². The summed E-state index contributed by atoms with van der Waals surface area (Å²) in [5.74, 6) is -1.26. The Hall–Kier alpha value is -2.41. The van der Waals surface area contributed by atoms with E-state index in [1.54, 1.807) is 6.07 Å². The number of aliphatic carboxylic acids is 1. The van der Waals surface area contributed by atoms with E-state index in [0.29, 0.717) is 30.5 Å². The van der Waals surface area contributed by atoms with Gasteiger partial charge in [0, 0.05) is 17.3 Å². The minimum absolute atomic E-state index is 0.0995. The van der Waals surface area contributed by atoms with Gasteiger partial charge < -0.3 is 21.7 Å². The van der Waals surface area contributed by atoms with Gasteiger partial charge in [0.15, 0.2) is 0 Å². The maximum absolute atomic E-state index is 11.1. The van der Waals surface area contributed by atoms with Crippen molar-refractivity contribution in [2.45, 2.75) is 25.3 Å². The Morgan fingerprint density at radius 2 is 2.14 bits per heavy atom. The standard InChI is InChI=1S/C14H20N4O3/c15-6-2-1-3-11(14(20)21)18-8-10-5-4-9(13(16)17)7-12(10)19/h4-5,7-8,11,19H,1-3,6,15H2,(H3,16,17)(H,20,21)/t11-/m0/s1. The van der Waals surface area contributed by atoms with Gasteiger partial charge in [0.1, 0.15) is 17.6 Å². The smallest absolute Gasteiger partial charge is 0.328 e. The topological polar surface area (TPSA) is 146 Å². The molecule has 7 heteroatoms. The van der Waals surface area contributed by atoms with Crippen LogP contribution in [-0.2, 0) is 4.79 Å². The number of nitrogen functional groups attached to an aromatic ring is 1. The highest BCUT2D eigenvalue weighted by Gasteiger charge is 2.14. The van der Waals surface area contributed by atoms with Crippen LogP contribution < -0.4 is 11.5 Å². The van der Waals surface area contributed by atoms with Crippen molar-refractivity contribution in [3.05, 3.63) is 29.3 Å². The molecule has 1 atom stereocenters. The first kappa shape index (κ1) is 16.6. The summed E-state index contributed by atoms with van der Waals surface area (Å²) in [5.41, 5.74) is 11.5. The van der Waals surface area contributed by atoms with Crippen LogP contribution in [0.3, 0.4) is 0 Å². The molecular formula is C14H20N4O3. The predicted molar refractivity (Wildman–Crippen MR) is 81.0 cm³/mol. The molecule has 0 saturated carbocycles. The van der Waals surface area contributed by atoms with Crippen molar-refractivity contribution >= 4 is 18.0 Å². The molecule has 0 saturated heterocycles. The largest absolute Gasteiger partial charge is 0.507 e. The van der Waals surface area contributed by atoms with Crippen LogP contribution in [0.1, 0.15) is 30.4 Å². The van der Waals surface area contributed by atoms with Gasteiger partial charge in [-0.15, -0.1) is 0 Å². The number of hydrogen-bond acceptors (Lipinski definition) is 5. The third-order valence-electron chi connectivity index (χ3n) is 2.95. The van der Waals surface area contributed by atoms with Gasteiger partial charge in [-0.05, 0) is 37.9 Å². The molecule has 0 aliphatic heterocycles. The van der Waals surface area contributed by atoms with E-state index >= 15 is 0 Å². The van der Waals surface area contributed by atoms with Crippen LogP contribution in [0, 0.1) is 5.41 Å². The number of rotatable bonds is 8. The monoisotopic (exact) mass is 292 g/mol. The number of carbonyl (C=O) groups is 1. The molecule has 21 heavy (non-hydrogen) atoms. The lowest BCUT2D eigenvalue weighted by Gasteiger charge is -2.07. The van der Waals surface area contributed by atoms with Gasteiger partial charge in [0.05, 0.1) is 0 Å². The highest BCUT2D eigenvalue weighted by Crippen LogP contribution is 2.17. The van der Waals surface area contributed by atoms with E-state index < -0.39 is 12.0 Å². The number of aromatic hydroxyl groups is 1. The molecule has 0 aromatic heterocycles. The SMILES string of the molecule is N=C(N)c1ccc(C=N[C@@H](CCCCN)C(=O)O)c(O)c1. The number of amidine groups is 1. The zero-order chi connectivity index (χ0) is 15.8. The molecule has 0 amide bonds. The number of nitrogens with zero attached hydrogens (tertiary/aromatic N) is 1. The number of nitrogens with one attached hydrogen (secondary N) is 1. The minimum Gasteiger partial charge on any atom is -0.507 e. The average Bonchev–Trinajstić information content (AvgIpc) is 2.43. The fourth-order valence-electron chi connectivity index (χ4n) is 1.73. The number of nitrogens with two attached hydrogens (primary N) is 2. The van der Waals surface area contributed by atoms with Gasteiger partial charge in [-0.3, -0.25) is 10.4 Å². The molecular weight excluding hydrogens is 272 g/mol. The number of carboxylic acid groups (broad SMARTS) is 1. The lowest BCUT2D eigenvalue weighted by atomic mass is 10.1. The molecule has 0 aliphatic carbocycles. The molecule has 1 rings (SSSR count). The summed E-state index contributed by atoms with van der Waals surface area (Å²) in [6, 6.07) is 3.58. The van der Waals surface area contributed by atoms with E-state index in [1.807, 2.05) is 0 Å². The second kappa shape index (κ2) is 8.01. The maximum atomic E-state index is 11.1. The van der Waals surface area contributed by atoms with Crippen LogP contribution >= 0.6 is 0 Å². The van der Waals surface area contributed by atoms with Crippen LogP contribution in [0.15, 0.2) is 23.2 Å². The number of benzene rings is 1. The van der Waals surface area contributed by atoms with Gasteiger partial charge in [0.25, 0.3) is 0 Å². The summed E-state index contributed by atoms with van der Waals surface area (Å²) in [7, 11) is 0. The summed E-state index contributed by atoms with van der Waals surface area (Å²) in [4.78, 5) is 15.1. The van der Waals surface area contributed by atoms with E-state index in [2.05, 4.69) is 4.99 Å². The molecule has 7 N–H and O–H groups in total.